The topological polar surface area (TPSA) is 75.8 Å². The Kier molecular flexibility index (Phi) is 7.75. The highest BCUT2D eigenvalue weighted by Crippen LogP contribution is 2.38. The van der Waals surface area contributed by atoms with Crippen molar-refractivity contribution in [2.45, 2.75) is 26.2 Å². The number of nitrogens with one attached hydrogen (secondary N) is 1. The summed E-state index contributed by atoms with van der Waals surface area (Å²) in [7, 11) is 0. The highest BCUT2D eigenvalue weighted by molar-refractivity contribution is 14.0. The molecule has 0 amide bonds. The zero-order valence-electron chi connectivity index (χ0n) is 16.6. The van der Waals surface area contributed by atoms with E-state index in [1.807, 2.05) is 24.3 Å². The molecule has 158 valence electrons. The summed E-state index contributed by atoms with van der Waals surface area (Å²) in [5, 5.41) is 8.15. The van der Waals surface area contributed by atoms with Crippen molar-refractivity contribution in [3.8, 4) is 11.4 Å². The fraction of sp³-hybridized carbons (Fsp3) is 0.550. The van der Waals surface area contributed by atoms with Gasteiger partial charge in [0.2, 0.25) is 11.7 Å². The summed E-state index contributed by atoms with van der Waals surface area (Å²) in [6, 6.07) is 7.40. The van der Waals surface area contributed by atoms with Crippen LogP contribution in [0.25, 0.3) is 11.4 Å². The molecular weight excluding hydrogens is 505 g/mol. The molecule has 2 aliphatic heterocycles. The molecule has 1 atom stereocenters. The second-order valence-electron chi connectivity index (χ2n) is 7.48. The molecule has 4 rings (SSSR count). The third-order valence-electron chi connectivity index (χ3n) is 5.42. The Labute approximate surface area is 193 Å². The number of benzene rings is 1. The third kappa shape index (κ3) is 5.40. The molecule has 0 saturated carbocycles. The Hall–Kier alpha value is -1.39. The van der Waals surface area contributed by atoms with Gasteiger partial charge in [-0.3, -0.25) is 4.99 Å². The fourth-order valence-electron chi connectivity index (χ4n) is 3.84. The number of halogens is 2. The fourth-order valence-corrected chi connectivity index (χ4v) is 3.97. The van der Waals surface area contributed by atoms with Gasteiger partial charge in [-0.05, 0) is 44.0 Å². The first-order valence-electron chi connectivity index (χ1n) is 9.87. The molecule has 7 nitrogen and oxygen atoms in total. The Morgan fingerprint density at radius 1 is 1.31 bits per heavy atom. The van der Waals surface area contributed by atoms with Crippen LogP contribution in [0.2, 0.25) is 5.02 Å². The first kappa shape index (κ1) is 22.3. The normalized spacial score (nSPS) is 21.6. The second kappa shape index (κ2) is 10.1. The number of hydrogen-bond acceptors (Lipinski definition) is 5. The summed E-state index contributed by atoms with van der Waals surface area (Å²) < 4.78 is 11.0. The SMILES string of the molecule is CCNC(=NCCc1nc(-c2ccc(Cl)cc2)no1)N1CCC2(CCOC2)C1.I. The molecule has 2 saturated heterocycles. The Bertz CT molecular complexity index is 821. The molecule has 1 spiro atoms. The van der Waals surface area contributed by atoms with E-state index >= 15 is 0 Å². The number of ether oxygens (including phenoxy) is 1. The smallest absolute Gasteiger partial charge is 0.228 e. The molecule has 2 aromatic rings. The zero-order chi connectivity index (χ0) is 19.4. The van der Waals surface area contributed by atoms with Crippen molar-refractivity contribution >= 4 is 41.5 Å². The van der Waals surface area contributed by atoms with E-state index in [4.69, 9.17) is 25.9 Å². The van der Waals surface area contributed by atoms with E-state index in [2.05, 4.69) is 27.3 Å². The molecule has 1 unspecified atom stereocenters. The number of rotatable bonds is 5. The predicted octanol–water partition coefficient (Wildman–Crippen LogP) is 3.63. The van der Waals surface area contributed by atoms with Gasteiger partial charge in [-0.1, -0.05) is 16.8 Å². The average molecular weight is 532 g/mol. The van der Waals surface area contributed by atoms with Gasteiger partial charge in [-0.25, -0.2) is 0 Å². The summed E-state index contributed by atoms with van der Waals surface area (Å²) in [4.78, 5) is 11.6. The maximum Gasteiger partial charge on any atom is 0.228 e. The number of nitrogens with zero attached hydrogens (tertiary/aromatic N) is 4. The van der Waals surface area contributed by atoms with E-state index in [-0.39, 0.29) is 24.0 Å². The van der Waals surface area contributed by atoms with Crippen LogP contribution in [0.5, 0.6) is 0 Å². The quantitative estimate of drug-likeness (QED) is 0.361. The standard InChI is InChI=1S/C20H26ClN5O2.HI/c1-2-22-19(26-11-8-20(13-26)9-12-27-14-20)23-10-7-17-24-18(25-28-17)15-3-5-16(21)6-4-15;/h3-6H,2,7-14H2,1H3,(H,22,23);1H. The summed E-state index contributed by atoms with van der Waals surface area (Å²) in [6.45, 7) is 7.34. The molecular formula is C20H27ClIN5O2. The Balaban J connectivity index is 0.00000240. The molecule has 2 aliphatic rings. The largest absolute Gasteiger partial charge is 0.381 e. The summed E-state index contributed by atoms with van der Waals surface area (Å²) in [5.74, 6) is 2.13. The van der Waals surface area contributed by atoms with Crippen LogP contribution in [-0.4, -0.2) is 60.4 Å². The molecule has 2 fully saturated rings. The molecule has 3 heterocycles. The average Bonchev–Trinajstić information content (AvgIpc) is 3.45. The lowest BCUT2D eigenvalue weighted by atomic mass is 9.87. The van der Waals surface area contributed by atoms with Crippen molar-refractivity contribution in [2.24, 2.45) is 10.4 Å². The van der Waals surface area contributed by atoms with Gasteiger partial charge in [-0.2, -0.15) is 4.98 Å². The third-order valence-corrected chi connectivity index (χ3v) is 5.67. The molecule has 0 bridgehead atoms. The molecule has 1 aromatic heterocycles. The van der Waals surface area contributed by atoms with Crippen molar-refractivity contribution in [2.75, 3.05) is 39.4 Å². The van der Waals surface area contributed by atoms with Gasteiger partial charge in [0.1, 0.15) is 0 Å². The summed E-state index contributed by atoms with van der Waals surface area (Å²) in [5.41, 5.74) is 1.20. The molecule has 1 N–H and O–H groups in total. The molecule has 1 aromatic carbocycles. The van der Waals surface area contributed by atoms with Crippen molar-refractivity contribution in [3.63, 3.8) is 0 Å². The first-order chi connectivity index (χ1) is 13.7. The Morgan fingerprint density at radius 2 is 2.14 bits per heavy atom. The van der Waals surface area contributed by atoms with Gasteiger partial charge in [-0.15, -0.1) is 24.0 Å². The number of hydrogen-bond donors (Lipinski definition) is 1. The number of aliphatic imine (C=N–C) groups is 1. The van der Waals surface area contributed by atoms with E-state index in [1.54, 1.807) is 0 Å². The minimum absolute atomic E-state index is 0. The van der Waals surface area contributed by atoms with Crippen LogP contribution in [-0.2, 0) is 11.2 Å². The van der Waals surface area contributed by atoms with Crippen LogP contribution < -0.4 is 5.32 Å². The second-order valence-corrected chi connectivity index (χ2v) is 7.91. The van der Waals surface area contributed by atoms with Gasteiger partial charge in [0.15, 0.2) is 5.96 Å². The number of guanidine groups is 1. The van der Waals surface area contributed by atoms with Crippen LogP contribution in [0.4, 0.5) is 0 Å². The minimum atomic E-state index is 0. The van der Waals surface area contributed by atoms with Gasteiger partial charge in [0, 0.05) is 48.7 Å². The van der Waals surface area contributed by atoms with E-state index in [0.717, 1.165) is 50.8 Å². The maximum absolute atomic E-state index is 5.93. The summed E-state index contributed by atoms with van der Waals surface area (Å²) in [6.07, 6.45) is 2.93. The first-order valence-corrected chi connectivity index (χ1v) is 10.2. The zero-order valence-corrected chi connectivity index (χ0v) is 19.7. The van der Waals surface area contributed by atoms with Gasteiger partial charge < -0.3 is 19.5 Å². The van der Waals surface area contributed by atoms with Crippen molar-refractivity contribution in [1.82, 2.24) is 20.4 Å². The van der Waals surface area contributed by atoms with Gasteiger partial charge >= 0.3 is 0 Å². The monoisotopic (exact) mass is 531 g/mol. The lowest BCUT2D eigenvalue weighted by molar-refractivity contribution is 0.156. The highest BCUT2D eigenvalue weighted by atomic mass is 127. The molecule has 29 heavy (non-hydrogen) atoms. The van der Waals surface area contributed by atoms with Crippen LogP contribution in [0.15, 0.2) is 33.8 Å². The van der Waals surface area contributed by atoms with Crippen LogP contribution in [0.3, 0.4) is 0 Å². The van der Waals surface area contributed by atoms with Gasteiger partial charge in [0.05, 0.1) is 13.2 Å². The maximum atomic E-state index is 5.93. The lowest BCUT2D eigenvalue weighted by Gasteiger charge is -2.24. The van der Waals surface area contributed by atoms with Crippen molar-refractivity contribution in [3.05, 3.63) is 35.2 Å². The van der Waals surface area contributed by atoms with E-state index < -0.39 is 0 Å². The van der Waals surface area contributed by atoms with Crippen LogP contribution in [0.1, 0.15) is 25.7 Å². The predicted molar refractivity (Wildman–Crippen MR) is 124 cm³/mol. The molecule has 9 heteroatoms. The Morgan fingerprint density at radius 3 is 2.86 bits per heavy atom. The van der Waals surface area contributed by atoms with E-state index in [1.165, 1.54) is 6.42 Å². The van der Waals surface area contributed by atoms with Crippen molar-refractivity contribution < 1.29 is 9.26 Å². The van der Waals surface area contributed by atoms with Crippen molar-refractivity contribution in [1.29, 1.82) is 0 Å². The molecule has 0 radical (unpaired) electrons. The van der Waals surface area contributed by atoms with E-state index in [0.29, 0.717) is 35.1 Å². The van der Waals surface area contributed by atoms with E-state index in [9.17, 15) is 0 Å². The number of likely N-dealkylation sites (tertiary alicyclic amines) is 1. The highest BCUT2D eigenvalue weighted by Gasteiger charge is 2.42. The van der Waals surface area contributed by atoms with Crippen LogP contribution >= 0.6 is 35.6 Å². The number of aromatic nitrogens is 2. The lowest BCUT2D eigenvalue weighted by Crippen LogP contribution is -2.41. The van der Waals surface area contributed by atoms with Crippen LogP contribution in [0, 0.1) is 5.41 Å². The van der Waals surface area contributed by atoms with Gasteiger partial charge in [0.25, 0.3) is 0 Å². The molecule has 0 aliphatic carbocycles. The summed E-state index contributed by atoms with van der Waals surface area (Å²) >= 11 is 5.93. The minimum Gasteiger partial charge on any atom is -0.381 e.